The fourth-order valence-corrected chi connectivity index (χ4v) is 3.21. The van der Waals surface area contributed by atoms with Crippen molar-refractivity contribution in [1.82, 2.24) is 15.2 Å². The highest BCUT2D eigenvalue weighted by Gasteiger charge is 2.21. The van der Waals surface area contributed by atoms with E-state index in [1.807, 2.05) is 79.7 Å². The van der Waals surface area contributed by atoms with Gasteiger partial charge in [0.2, 0.25) is 11.1 Å². The number of nitrogens with zero attached hydrogens (tertiary/aromatic N) is 3. The lowest BCUT2D eigenvalue weighted by Crippen LogP contribution is -2.33. The summed E-state index contributed by atoms with van der Waals surface area (Å²) in [5.74, 6) is 0.666. The number of para-hydroxylation sites is 1. The van der Waals surface area contributed by atoms with Gasteiger partial charge in [-0.2, -0.15) is 0 Å². The summed E-state index contributed by atoms with van der Waals surface area (Å²) in [7, 11) is 1.78. The number of H-pyrrole nitrogens is 1. The number of rotatable bonds is 6. The number of aromatic amines is 1. The highest BCUT2D eigenvalue weighted by molar-refractivity contribution is 8.00. The number of carbonyl (C=O) groups is 1. The molecule has 1 unspecified atom stereocenters. The first-order chi connectivity index (χ1) is 12.6. The predicted octanol–water partition coefficient (Wildman–Crippen LogP) is 4.12. The maximum absolute atomic E-state index is 12.6. The molecule has 0 bridgehead atoms. The molecule has 0 aliphatic heterocycles. The van der Waals surface area contributed by atoms with Gasteiger partial charge in [-0.1, -0.05) is 66.4 Å². The third kappa shape index (κ3) is 4.61. The Morgan fingerprint density at radius 1 is 1.08 bits per heavy atom. The van der Waals surface area contributed by atoms with E-state index >= 15 is 0 Å². The Morgan fingerprint density at radius 2 is 1.73 bits per heavy atom. The van der Waals surface area contributed by atoms with Crippen LogP contribution in [0.5, 0.6) is 0 Å². The number of thioether (sulfide) groups is 1. The first-order valence-corrected chi connectivity index (χ1v) is 9.16. The van der Waals surface area contributed by atoms with Gasteiger partial charge in [0.25, 0.3) is 0 Å². The molecule has 1 N–H and O–H groups in total. The van der Waals surface area contributed by atoms with Gasteiger partial charge in [0.1, 0.15) is 5.82 Å². The van der Waals surface area contributed by atoms with Gasteiger partial charge in [0.05, 0.1) is 5.25 Å². The Labute approximate surface area is 157 Å². The zero-order chi connectivity index (χ0) is 18.4. The van der Waals surface area contributed by atoms with Gasteiger partial charge >= 0.3 is 0 Å². The molecule has 3 aromatic rings. The minimum atomic E-state index is -0.290. The molecular weight excluding hydrogens is 344 g/mol. The zero-order valence-electron chi connectivity index (χ0n) is 14.7. The van der Waals surface area contributed by atoms with E-state index in [-0.39, 0.29) is 11.2 Å². The summed E-state index contributed by atoms with van der Waals surface area (Å²) in [5.41, 5.74) is 1.96. The Bertz CT molecular complexity index is 877. The zero-order valence-corrected chi connectivity index (χ0v) is 15.5. The van der Waals surface area contributed by atoms with Crippen LogP contribution in [0.25, 0.3) is 12.2 Å². The highest BCUT2D eigenvalue weighted by atomic mass is 32.2. The molecule has 132 valence electrons. The van der Waals surface area contributed by atoms with Crippen molar-refractivity contribution in [2.75, 3.05) is 11.9 Å². The smallest absolute Gasteiger partial charge is 0.240 e. The lowest BCUT2D eigenvalue weighted by molar-refractivity contribution is -0.117. The maximum atomic E-state index is 12.6. The number of amides is 1. The fraction of sp³-hybridized carbons (Fsp3) is 0.150. The van der Waals surface area contributed by atoms with Crippen molar-refractivity contribution in [3.05, 3.63) is 72.1 Å². The van der Waals surface area contributed by atoms with Crippen molar-refractivity contribution in [1.29, 1.82) is 0 Å². The van der Waals surface area contributed by atoms with E-state index in [2.05, 4.69) is 15.2 Å². The Balaban J connectivity index is 1.61. The van der Waals surface area contributed by atoms with Gasteiger partial charge in [-0.3, -0.25) is 9.89 Å². The van der Waals surface area contributed by atoms with Gasteiger partial charge in [-0.15, -0.1) is 5.10 Å². The molecule has 0 saturated carbocycles. The second kappa shape index (κ2) is 8.49. The molecule has 1 aromatic heterocycles. The summed E-state index contributed by atoms with van der Waals surface area (Å²) in [4.78, 5) is 18.7. The van der Waals surface area contributed by atoms with Crippen molar-refractivity contribution in [3.63, 3.8) is 0 Å². The number of carbonyl (C=O) groups excluding carboxylic acids is 1. The molecule has 1 heterocycles. The number of hydrogen-bond acceptors (Lipinski definition) is 4. The molecule has 0 radical (unpaired) electrons. The second-order valence-electron chi connectivity index (χ2n) is 5.74. The molecule has 0 spiro atoms. The molecule has 0 aliphatic carbocycles. The molecule has 0 aliphatic rings. The lowest BCUT2D eigenvalue weighted by Gasteiger charge is -2.20. The van der Waals surface area contributed by atoms with Crippen LogP contribution in [-0.2, 0) is 4.79 Å². The largest absolute Gasteiger partial charge is 0.315 e. The molecule has 6 heteroatoms. The average molecular weight is 364 g/mol. The monoisotopic (exact) mass is 364 g/mol. The third-order valence-corrected chi connectivity index (χ3v) is 4.77. The summed E-state index contributed by atoms with van der Waals surface area (Å²) in [6.45, 7) is 1.86. The quantitative estimate of drug-likeness (QED) is 0.669. The van der Waals surface area contributed by atoms with E-state index in [9.17, 15) is 4.79 Å². The first-order valence-electron chi connectivity index (χ1n) is 8.28. The molecule has 1 amide bonds. The van der Waals surface area contributed by atoms with Crippen LogP contribution < -0.4 is 4.90 Å². The molecule has 5 nitrogen and oxygen atoms in total. The maximum Gasteiger partial charge on any atom is 0.240 e. The van der Waals surface area contributed by atoms with E-state index in [1.54, 1.807) is 11.9 Å². The Kier molecular flexibility index (Phi) is 5.86. The molecule has 3 rings (SSSR count). The van der Waals surface area contributed by atoms with Gasteiger partial charge in [-0.05, 0) is 30.7 Å². The molecule has 0 fully saturated rings. The minimum Gasteiger partial charge on any atom is -0.315 e. The summed E-state index contributed by atoms with van der Waals surface area (Å²) >= 11 is 1.34. The topological polar surface area (TPSA) is 61.9 Å². The van der Waals surface area contributed by atoms with E-state index in [1.165, 1.54) is 11.8 Å². The number of nitrogens with one attached hydrogen (secondary N) is 1. The van der Waals surface area contributed by atoms with Crippen LogP contribution >= 0.6 is 11.8 Å². The number of benzene rings is 2. The first kappa shape index (κ1) is 17.9. The van der Waals surface area contributed by atoms with Crippen LogP contribution in [-0.4, -0.2) is 33.4 Å². The van der Waals surface area contributed by atoms with Gasteiger partial charge < -0.3 is 4.90 Å². The number of anilines is 1. The van der Waals surface area contributed by atoms with Crippen LogP contribution in [0, 0.1) is 0 Å². The van der Waals surface area contributed by atoms with Crippen molar-refractivity contribution in [3.8, 4) is 0 Å². The van der Waals surface area contributed by atoms with Crippen molar-refractivity contribution in [2.24, 2.45) is 0 Å². The van der Waals surface area contributed by atoms with E-state index in [0.29, 0.717) is 11.0 Å². The predicted molar refractivity (Wildman–Crippen MR) is 107 cm³/mol. The van der Waals surface area contributed by atoms with Crippen molar-refractivity contribution < 1.29 is 4.79 Å². The summed E-state index contributed by atoms with van der Waals surface area (Å²) in [5, 5.41) is 7.34. The molecule has 2 aromatic carbocycles. The number of hydrogen-bond donors (Lipinski definition) is 1. The molecule has 0 saturated heterocycles. The van der Waals surface area contributed by atoms with Gasteiger partial charge in [0, 0.05) is 12.7 Å². The molecular formula is C20H20N4OS. The minimum absolute atomic E-state index is 0.00683. The molecule has 1 atom stereocenters. The van der Waals surface area contributed by atoms with Gasteiger partial charge in [-0.25, -0.2) is 4.98 Å². The van der Waals surface area contributed by atoms with E-state index in [0.717, 1.165) is 11.3 Å². The van der Waals surface area contributed by atoms with Crippen LogP contribution in [0.2, 0.25) is 0 Å². The Morgan fingerprint density at radius 3 is 2.42 bits per heavy atom. The second-order valence-corrected chi connectivity index (χ2v) is 7.05. The van der Waals surface area contributed by atoms with Crippen LogP contribution in [0.15, 0.2) is 65.8 Å². The van der Waals surface area contributed by atoms with Gasteiger partial charge in [0.15, 0.2) is 0 Å². The lowest BCUT2D eigenvalue weighted by atomic mass is 10.2. The molecule has 26 heavy (non-hydrogen) atoms. The van der Waals surface area contributed by atoms with E-state index < -0.39 is 0 Å². The summed E-state index contributed by atoms with van der Waals surface area (Å²) in [6, 6.07) is 19.6. The SMILES string of the molecule is CC(Sc1n[nH]c(/C=C/c2ccccc2)n1)C(=O)N(C)c1ccccc1. The Hall–Kier alpha value is -2.86. The van der Waals surface area contributed by atoms with E-state index in [4.69, 9.17) is 0 Å². The van der Waals surface area contributed by atoms with Crippen LogP contribution in [0.3, 0.4) is 0 Å². The highest BCUT2D eigenvalue weighted by Crippen LogP contribution is 2.23. The standard InChI is InChI=1S/C20H20N4OS/c1-15(19(25)24(2)17-11-7-4-8-12-17)26-20-21-18(22-23-20)14-13-16-9-5-3-6-10-16/h3-15H,1-2H3,(H,21,22,23)/b14-13+. The number of aromatic nitrogens is 3. The summed E-state index contributed by atoms with van der Waals surface area (Å²) < 4.78 is 0. The van der Waals surface area contributed by atoms with Crippen molar-refractivity contribution in [2.45, 2.75) is 17.3 Å². The van der Waals surface area contributed by atoms with Crippen molar-refractivity contribution >= 4 is 35.5 Å². The third-order valence-electron chi connectivity index (χ3n) is 3.82. The van der Waals surface area contributed by atoms with Crippen LogP contribution in [0.1, 0.15) is 18.3 Å². The average Bonchev–Trinajstić information content (AvgIpc) is 3.14. The summed E-state index contributed by atoms with van der Waals surface area (Å²) in [6.07, 6.45) is 3.84. The van der Waals surface area contributed by atoms with Crippen LogP contribution in [0.4, 0.5) is 5.69 Å². The normalized spacial score (nSPS) is 12.2. The fourth-order valence-electron chi connectivity index (χ4n) is 2.38.